The van der Waals surface area contributed by atoms with E-state index in [0.717, 1.165) is 18.5 Å². The van der Waals surface area contributed by atoms with Crippen molar-refractivity contribution < 1.29 is 4.79 Å². The molecule has 0 bridgehead atoms. The summed E-state index contributed by atoms with van der Waals surface area (Å²) in [6.07, 6.45) is 4.41. The SMILES string of the molecule is CCN(C)C(C(=O)N(C)CCc1ccncc1)c1ccccc1. The van der Waals surface area contributed by atoms with Crippen molar-refractivity contribution in [1.29, 1.82) is 0 Å². The Morgan fingerprint density at radius 1 is 1.09 bits per heavy atom. The van der Waals surface area contributed by atoms with E-state index in [0.29, 0.717) is 6.54 Å². The molecule has 1 atom stereocenters. The van der Waals surface area contributed by atoms with Crippen molar-refractivity contribution in [3.8, 4) is 0 Å². The molecule has 122 valence electrons. The molecule has 1 amide bonds. The highest BCUT2D eigenvalue weighted by molar-refractivity contribution is 5.83. The summed E-state index contributed by atoms with van der Waals surface area (Å²) in [6, 6.07) is 13.7. The van der Waals surface area contributed by atoms with Crippen LogP contribution in [0.3, 0.4) is 0 Å². The van der Waals surface area contributed by atoms with Gasteiger partial charge < -0.3 is 4.90 Å². The molecule has 4 heteroatoms. The Bertz CT molecular complexity index is 601. The van der Waals surface area contributed by atoms with Crippen molar-refractivity contribution in [3.05, 3.63) is 66.0 Å². The fraction of sp³-hybridized carbons (Fsp3) is 0.368. The minimum absolute atomic E-state index is 0.134. The monoisotopic (exact) mass is 311 g/mol. The molecule has 1 heterocycles. The molecular weight excluding hydrogens is 286 g/mol. The van der Waals surface area contributed by atoms with E-state index in [1.807, 2.05) is 61.5 Å². The predicted octanol–water partition coefficient (Wildman–Crippen LogP) is 2.78. The Labute approximate surface area is 138 Å². The zero-order valence-corrected chi connectivity index (χ0v) is 14.1. The molecule has 0 N–H and O–H groups in total. The van der Waals surface area contributed by atoms with Crippen LogP contribution in [0.4, 0.5) is 0 Å². The van der Waals surface area contributed by atoms with Gasteiger partial charge in [-0.25, -0.2) is 0 Å². The van der Waals surface area contributed by atoms with Gasteiger partial charge in [0.1, 0.15) is 6.04 Å². The van der Waals surface area contributed by atoms with Crippen LogP contribution in [0.2, 0.25) is 0 Å². The van der Waals surface area contributed by atoms with E-state index >= 15 is 0 Å². The lowest BCUT2D eigenvalue weighted by molar-refractivity contribution is -0.135. The van der Waals surface area contributed by atoms with Gasteiger partial charge in [-0.1, -0.05) is 37.3 Å². The summed E-state index contributed by atoms with van der Waals surface area (Å²) < 4.78 is 0. The van der Waals surface area contributed by atoms with E-state index < -0.39 is 0 Å². The normalized spacial score (nSPS) is 12.2. The van der Waals surface area contributed by atoms with Gasteiger partial charge in [0, 0.05) is 26.0 Å². The summed E-state index contributed by atoms with van der Waals surface area (Å²) in [6.45, 7) is 3.59. The molecular formula is C19H25N3O. The van der Waals surface area contributed by atoms with Crippen LogP contribution in [-0.2, 0) is 11.2 Å². The molecule has 0 saturated carbocycles. The van der Waals surface area contributed by atoms with Gasteiger partial charge in [-0.3, -0.25) is 14.7 Å². The summed E-state index contributed by atoms with van der Waals surface area (Å²) >= 11 is 0. The summed E-state index contributed by atoms with van der Waals surface area (Å²) in [4.78, 5) is 20.9. The van der Waals surface area contributed by atoms with Crippen LogP contribution < -0.4 is 0 Å². The first-order valence-corrected chi connectivity index (χ1v) is 8.02. The van der Waals surface area contributed by atoms with E-state index in [-0.39, 0.29) is 11.9 Å². The number of rotatable bonds is 7. The van der Waals surface area contributed by atoms with Gasteiger partial charge in [0.25, 0.3) is 0 Å². The van der Waals surface area contributed by atoms with Crippen LogP contribution in [0.5, 0.6) is 0 Å². The number of hydrogen-bond acceptors (Lipinski definition) is 3. The quantitative estimate of drug-likeness (QED) is 0.789. The first-order chi connectivity index (χ1) is 11.1. The Kier molecular flexibility index (Phi) is 6.29. The lowest BCUT2D eigenvalue weighted by atomic mass is 10.0. The van der Waals surface area contributed by atoms with Crippen LogP contribution in [-0.4, -0.2) is 47.9 Å². The van der Waals surface area contributed by atoms with Crippen LogP contribution in [0.15, 0.2) is 54.9 Å². The Morgan fingerprint density at radius 2 is 1.74 bits per heavy atom. The number of carbonyl (C=O) groups is 1. The van der Waals surface area contributed by atoms with E-state index in [9.17, 15) is 4.79 Å². The Balaban J connectivity index is 2.07. The zero-order valence-electron chi connectivity index (χ0n) is 14.1. The molecule has 4 nitrogen and oxygen atoms in total. The number of aromatic nitrogens is 1. The maximum absolute atomic E-state index is 12.9. The second kappa shape index (κ2) is 8.44. The van der Waals surface area contributed by atoms with Gasteiger partial charge >= 0.3 is 0 Å². The molecule has 2 aromatic rings. The smallest absolute Gasteiger partial charge is 0.244 e. The topological polar surface area (TPSA) is 36.4 Å². The number of pyridine rings is 1. The highest BCUT2D eigenvalue weighted by Crippen LogP contribution is 2.21. The molecule has 1 unspecified atom stereocenters. The highest BCUT2D eigenvalue weighted by atomic mass is 16.2. The van der Waals surface area contributed by atoms with Crippen molar-refractivity contribution in [2.24, 2.45) is 0 Å². The molecule has 0 saturated heterocycles. The van der Waals surface area contributed by atoms with Gasteiger partial charge in [0.2, 0.25) is 5.91 Å². The third kappa shape index (κ3) is 4.63. The van der Waals surface area contributed by atoms with Gasteiger partial charge in [-0.15, -0.1) is 0 Å². The minimum atomic E-state index is -0.233. The summed E-state index contributed by atoms with van der Waals surface area (Å²) in [7, 11) is 3.87. The van der Waals surface area contributed by atoms with E-state index in [1.54, 1.807) is 12.4 Å². The summed E-state index contributed by atoms with van der Waals surface area (Å²) in [5.41, 5.74) is 2.23. The standard InChI is InChI=1S/C19H25N3O/c1-4-21(2)18(17-8-6-5-7-9-17)19(23)22(3)15-12-16-10-13-20-14-11-16/h5-11,13-14,18H,4,12,15H2,1-3H3. The van der Waals surface area contributed by atoms with Crippen LogP contribution in [0.1, 0.15) is 24.1 Å². The fourth-order valence-corrected chi connectivity index (χ4v) is 2.57. The zero-order chi connectivity index (χ0) is 16.7. The Morgan fingerprint density at radius 3 is 2.35 bits per heavy atom. The van der Waals surface area contributed by atoms with E-state index in [1.165, 1.54) is 5.56 Å². The van der Waals surface area contributed by atoms with Crippen molar-refractivity contribution in [3.63, 3.8) is 0 Å². The van der Waals surface area contributed by atoms with Crippen molar-refractivity contribution in [2.45, 2.75) is 19.4 Å². The van der Waals surface area contributed by atoms with Crippen molar-refractivity contribution in [1.82, 2.24) is 14.8 Å². The fourth-order valence-electron chi connectivity index (χ4n) is 2.57. The number of carbonyl (C=O) groups excluding carboxylic acids is 1. The molecule has 23 heavy (non-hydrogen) atoms. The summed E-state index contributed by atoms with van der Waals surface area (Å²) in [5.74, 6) is 0.134. The number of likely N-dealkylation sites (N-methyl/N-ethyl adjacent to an activating group) is 2. The third-order valence-electron chi connectivity index (χ3n) is 4.15. The Hall–Kier alpha value is -2.20. The molecule has 0 aliphatic rings. The molecule has 1 aromatic heterocycles. The molecule has 0 aliphatic heterocycles. The van der Waals surface area contributed by atoms with Gasteiger partial charge in [-0.05, 0) is 43.3 Å². The molecule has 0 spiro atoms. The third-order valence-corrected chi connectivity index (χ3v) is 4.15. The largest absolute Gasteiger partial charge is 0.344 e. The number of nitrogens with zero attached hydrogens (tertiary/aromatic N) is 3. The first kappa shape index (κ1) is 17.2. The second-order valence-electron chi connectivity index (χ2n) is 5.75. The van der Waals surface area contributed by atoms with Gasteiger partial charge in [-0.2, -0.15) is 0 Å². The van der Waals surface area contributed by atoms with Gasteiger partial charge in [0.15, 0.2) is 0 Å². The molecule has 0 radical (unpaired) electrons. The maximum Gasteiger partial charge on any atom is 0.244 e. The second-order valence-corrected chi connectivity index (χ2v) is 5.75. The lowest BCUT2D eigenvalue weighted by Crippen LogP contribution is -2.40. The molecule has 0 aliphatic carbocycles. The minimum Gasteiger partial charge on any atom is -0.344 e. The average Bonchev–Trinajstić information content (AvgIpc) is 2.61. The first-order valence-electron chi connectivity index (χ1n) is 8.02. The predicted molar refractivity (Wildman–Crippen MR) is 93.1 cm³/mol. The maximum atomic E-state index is 12.9. The van der Waals surface area contributed by atoms with E-state index in [2.05, 4.69) is 16.8 Å². The average molecular weight is 311 g/mol. The van der Waals surface area contributed by atoms with Crippen molar-refractivity contribution in [2.75, 3.05) is 27.2 Å². The molecule has 0 fully saturated rings. The molecule has 1 aromatic carbocycles. The van der Waals surface area contributed by atoms with Gasteiger partial charge in [0.05, 0.1) is 0 Å². The van der Waals surface area contributed by atoms with Crippen LogP contribution >= 0.6 is 0 Å². The van der Waals surface area contributed by atoms with Crippen molar-refractivity contribution >= 4 is 5.91 Å². The number of amides is 1. The van der Waals surface area contributed by atoms with Crippen LogP contribution in [0, 0.1) is 0 Å². The summed E-state index contributed by atoms with van der Waals surface area (Å²) in [5, 5.41) is 0. The highest BCUT2D eigenvalue weighted by Gasteiger charge is 2.26. The number of benzene rings is 1. The van der Waals surface area contributed by atoms with Crippen LogP contribution in [0.25, 0.3) is 0 Å². The van der Waals surface area contributed by atoms with E-state index in [4.69, 9.17) is 0 Å². The lowest BCUT2D eigenvalue weighted by Gasteiger charge is -2.30. The molecule has 2 rings (SSSR count). The number of hydrogen-bond donors (Lipinski definition) is 0.